The number of methoxy groups -OCH3 is 1. The molecule has 1 fully saturated rings. The van der Waals surface area contributed by atoms with Gasteiger partial charge in [-0.05, 0) is 49.4 Å². The first-order valence-electron chi connectivity index (χ1n) is 9.87. The number of rotatable bonds is 4. The number of aromatic nitrogens is 3. The Balaban J connectivity index is 1.32. The van der Waals surface area contributed by atoms with Crippen molar-refractivity contribution >= 4 is 27.5 Å². The average molecular weight is 436 g/mol. The van der Waals surface area contributed by atoms with Crippen molar-refractivity contribution in [3.05, 3.63) is 58.9 Å². The highest BCUT2D eigenvalue weighted by Crippen LogP contribution is 2.27. The molecule has 0 radical (unpaired) electrons. The summed E-state index contributed by atoms with van der Waals surface area (Å²) in [7, 11) is 1.62. The van der Waals surface area contributed by atoms with Gasteiger partial charge in [0.15, 0.2) is 6.10 Å². The highest BCUT2D eigenvalue weighted by atomic mass is 32.1. The number of carbonyl (C=O) groups is 1. The topological polar surface area (TPSA) is 90.6 Å². The highest BCUT2D eigenvalue weighted by Gasteiger charge is 2.30. The van der Waals surface area contributed by atoms with Gasteiger partial charge in [-0.2, -0.15) is 4.98 Å². The van der Waals surface area contributed by atoms with Crippen molar-refractivity contribution in [2.45, 2.75) is 13.0 Å². The average Bonchev–Trinajstić information content (AvgIpc) is 3.44. The van der Waals surface area contributed by atoms with Gasteiger partial charge in [0, 0.05) is 17.7 Å². The Morgan fingerprint density at radius 2 is 2.03 bits per heavy atom. The molecule has 5 rings (SSSR count). The minimum atomic E-state index is -0.466. The number of amides is 1. The standard InChI is InChI=1S/C22H20N4O4S/c1-13-23-17-8-5-15(11-19(17)31-13)22(27)26-9-10-29-18(12-26)21-24-20(25-30-21)14-3-6-16(28-2)7-4-14/h3-8,11,18H,9-10,12H2,1-2H3/t18-/m0/s1. The lowest BCUT2D eigenvalue weighted by molar-refractivity contribution is -0.0367. The van der Waals surface area contributed by atoms with Crippen LogP contribution in [0.3, 0.4) is 0 Å². The molecule has 9 heteroatoms. The number of aryl methyl sites for hydroxylation is 1. The zero-order valence-electron chi connectivity index (χ0n) is 17.1. The quantitative estimate of drug-likeness (QED) is 0.479. The van der Waals surface area contributed by atoms with E-state index in [1.165, 1.54) is 0 Å². The van der Waals surface area contributed by atoms with Crippen LogP contribution in [0.5, 0.6) is 5.75 Å². The fourth-order valence-corrected chi connectivity index (χ4v) is 4.43. The molecule has 0 bridgehead atoms. The molecule has 3 heterocycles. The van der Waals surface area contributed by atoms with Crippen molar-refractivity contribution in [3.63, 3.8) is 0 Å². The molecule has 158 valence electrons. The first-order chi connectivity index (χ1) is 15.1. The molecule has 4 aromatic rings. The van der Waals surface area contributed by atoms with E-state index >= 15 is 0 Å². The van der Waals surface area contributed by atoms with E-state index in [-0.39, 0.29) is 5.91 Å². The molecule has 8 nitrogen and oxygen atoms in total. The second kappa shape index (κ2) is 8.09. The predicted octanol–water partition coefficient (Wildman–Crippen LogP) is 3.88. The van der Waals surface area contributed by atoms with E-state index < -0.39 is 6.10 Å². The summed E-state index contributed by atoms with van der Waals surface area (Å²) in [6.45, 7) is 3.22. The zero-order valence-corrected chi connectivity index (χ0v) is 17.9. The number of hydrogen-bond donors (Lipinski definition) is 0. The van der Waals surface area contributed by atoms with Gasteiger partial charge in [0.2, 0.25) is 5.82 Å². The number of benzene rings is 2. The monoisotopic (exact) mass is 436 g/mol. The van der Waals surface area contributed by atoms with Crippen molar-refractivity contribution in [1.29, 1.82) is 0 Å². The number of carbonyl (C=O) groups excluding carboxylic acids is 1. The smallest absolute Gasteiger partial charge is 0.257 e. The van der Waals surface area contributed by atoms with Gasteiger partial charge in [-0.15, -0.1) is 11.3 Å². The number of fused-ring (bicyclic) bond motifs is 1. The van der Waals surface area contributed by atoms with Crippen LogP contribution in [0.15, 0.2) is 47.0 Å². The van der Waals surface area contributed by atoms with Crippen molar-refractivity contribution in [2.75, 3.05) is 26.8 Å². The lowest BCUT2D eigenvalue weighted by atomic mass is 10.1. The predicted molar refractivity (Wildman–Crippen MR) is 115 cm³/mol. The molecular weight excluding hydrogens is 416 g/mol. The van der Waals surface area contributed by atoms with E-state index in [9.17, 15) is 4.79 Å². The number of morpholine rings is 1. The van der Waals surface area contributed by atoms with Gasteiger partial charge >= 0.3 is 0 Å². The van der Waals surface area contributed by atoms with E-state index in [4.69, 9.17) is 14.0 Å². The molecule has 0 spiro atoms. The molecule has 1 aliphatic rings. The highest BCUT2D eigenvalue weighted by molar-refractivity contribution is 7.18. The summed E-state index contributed by atoms with van der Waals surface area (Å²) in [5.74, 6) is 1.53. The lowest BCUT2D eigenvalue weighted by Crippen LogP contribution is -2.42. The molecule has 2 aromatic heterocycles. The third-order valence-corrected chi connectivity index (χ3v) is 6.09. The molecule has 0 saturated carbocycles. The van der Waals surface area contributed by atoms with Crippen LogP contribution in [0.25, 0.3) is 21.6 Å². The Kier molecular flexibility index (Phi) is 5.13. The molecule has 31 heavy (non-hydrogen) atoms. The molecule has 0 aliphatic carbocycles. The van der Waals surface area contributed by atoms with Gasteiger partial charge in [0.25, 0.3) is 11.8 Å². The fraction of sp³-hybridized carbons (Fsp3) is 0.273. The van der Waals surface area contributed by atoms with E-state index in [0.29, 0.717) is 37.0 Å². The van der Waals surface area contributed by atoms with Gasteiger partial charge in [-0.3, -0.25) is 4.79 Å². The Bertz CT molecular complexity index is 1230. The zero-order chi connectivity index (χ0) is 21.4. The summed E-state index contributed by atoms with van der Waals surface area (Å²) in [5, 5.41) is 5.05. The second-order valence-electron chi connectivity index (χ2n) is 7.21. The van der Waals surface area contributed by atoms with Gasteiger partial charge in [-0.1, -0.05) is 5.16 Å². The Labute approximate surface area is 182 Å². The van der Waals surface area contributed by atoms with Gasteiger partial charge < -0.3 is 18.9 Å². The molecule has 1 atom stereocenters. The minimum absolute atomic E-state index is 0.0452. The normalized spacial score (nSPS) is 16.6. The van der Waals surface area contributed by atoms with Crippen molar-refractivity contribution in [2.24, 2.45) is 0 Å². The number of thiazole rings is 1. The summed E-state index contributed by atoms with van der Waals surface area (Å²) >= 11 is 1.58. The first kappa shape index (κ1) is 19.7. The number of hydrogen-bond acceptors (Lipinski definition) is 8. The third kappa shape index (κ3) is 3.89. The molecule has 1 amide bonds. The Morgan fingerprint density at radius 1 is 1.19 bits per heavy atom. The van der Waals surface area contributed by atoms with E-state index in [0.717, 1.165) is 26.5 Å². The third-order valence-electron chi connectivity index (χ3n) is 5.16. The maximum absolute atomic E-state index is 13.1. The molecule has 1 aliphatic heterocycles. The maximum Gasteiger partial charge on any atom is 0.257 e. The van der Waals surface area contributed by atoms with Crippen LogP contribution in [-0.4, -0.2) is 52.7 Å². The SMILES string of the molecule is COc1ccc(-c2noc([C@@H]3CN(C(=O)c4ccc5nc(C)sc5c4)CCO3)n2)cc1. The summed E-state index contributed by atoms with van der Waals surface area (Å²) in [5.41, 5.74) is 2.37. The minimum Gasteiger partial charge on any atom is -0.497 e. The molecule has 0 unspecified atom stereocenters. The summed E-state index contributed by atoms with van der Waals surface area (Å²) in [6.07, 6.45) is -0.466. The number of nitrogens with zero attached hydrogens (tertiary/aromatic N) is 4. The largest absolute Gasteiger partial charge is 0.497 e. The van der Waals surface area contributed by atoms with Crippen LogP contribution in [-0.2, 0) is 4.74 Å². The van der Waals surface area contributed by atoms with Crippen LogP contribution in [0.1, 0.15) is 27.4 Å². The van der Waals surface area contributed by atoms with Crippen molar-refractivity contribution in [1.82, 2.24) is 20.0 Å². The van der Waals surface area contributed by atoms with Crippen molar-refractivity contribution < 1.29 is 18.8 Å². The van der Waals surface area contributed by atoms with Gasteiger partial charge in [0.05, 0.1) is 35.5 Å². The Morgan fingerprint density at radius 3 is 2.84 bits per heavy atom. The molecule has 2 aromatic carbocycles. The van der Waals surface area contributed by atoms with Crippen LogP contribution in [0.2, 0.25) is 0 Å². The molecule has 1 saturated heterocycles. The summed E-state index contributed by atoms with van der Waals surface area (Å²) in [4.78, 5) is 23.8. The van der Waals surface area contributed by atoms with Crippen molar-refractivity contribution in [3.8, 4) is 17.1 Å². The Hall–Kier alpha value is -3.30. The molecular formula is C22H20N4O4S. The van der Waals surface area contributed by atoms with Gasteiger partial charge in [0.1, 0.15) is 5.75 Å². The van der Waals surface area contributed by atoms with Crippen LogP contribution in [0, 0.1) is 6.92 Å². The van der Waals surface area contributed by atoms with Gasteiger partial charge in [-0.25, -0.2) is 4.98 Å². The molecule has 0 N–H and O–H groups in total. The lowest BCUT2D eigenvalue weighted by Gasteiger charge is -2.31. The van der Waals surface area contributed by atoms with Crippen LogP contribution < -0.4 is 4.74 Å². The maximum atomic E-state index is 13.1. The van der Waals surface area contributed by atoms with Crippen LogP contribution in [0.4, 0.5) is 0 Å². The fourth-order valence-electron chi connectivity index (χ4n) is 3.56. The summed E-state index contributed by atoms with van der Waals surface area (Å²) < 4.78 is 17.5. The van der Waals surface area contributed by atoms with Crippen LogP contribution >= 0.6 is 11.3 Å². The van der Waals surface area contributed by atoms with E-state index in [2.05, 4.69) is 15.1 Å². The number of ether oxygens (including phenoxy) is 2. The second-order valence-corrected chi connectivity index (χ2v) is 8.45. The van der Waals surface area contributed by atoms with E-state index in [1.807, 2.05) is 49.4 Å². The first-order valence-corrected chi connectivity index (χ1v) is 10.7. The van der Waals surface area contributed by atoms with E-state index in [1.54, 1.807) is 23.3 Å². The summed E-state index contributed by atoms with van der Waals surface area (Å²) in [6, 6.07) is 13.0.